The highest BCUT2D eigenvalue weighted by Gasteiger charge is 2.28. The number of rotatable bonds is 9. The van der Waals surface area contributed by atoms with E-state index in [4.69, 9.17) is 4.74 Å². The molecule has 1 aliphatic heterocycles. The molecular formula is C23H34N2O5S. The fourth-order valence-electron chi connectivity index (χ4n) is 3.53. The van der Waals surface area contributed by atoms with Gasteiger partial charge in [-0.1, -0.05) is 0 Å². The largest absolute Gasteiger partial charge is 0.444 e. The van der Waals surface area contributed by atoms with Crippen LogP contribution in [0.25, 0.3) is 0 Å². The van der Waals surface area contributed by atoms with Crippen molar-refractivity contribution in [3.63, 3.8) is 0 Å². The first-order chi connectivity index (χ1) is 14.5. The normalized spacial score (nSPS) is 16.6. The summed E-state index contributed by atoms with van der Waals surface area (Å²) in [6, 6.07) is 3.59. The van der Waals surface area contributed by atoms with Crippen LogP contribution in [0.2, 0.25) is 0 Å². The summed E-state index contributed by atoms with van der Waals surface area (Å²) >= 11 is 1.43. The average molecular weight is 451 g/mol. The maximum Gasteiger partial charge on any atom is 0.407 e. The van der Waals surface area contributed by atoms with Gasteiger partial charge in [0.2, 0.25) is 5.91 Å². The first-order valence-electron chi connectivity index (χ1n) is 10.9. The minimum Gasteiger partial charge on any atom is -0.444 e. The number of likely N-dealkylation sites (tertiary alicyclic amines) is 1. The van der Waals surface area contributed by atoms with Gasteiger partial charge in [0.1, 0.15) is 11.4 Å². The first kappa shape index (κ1) is 25.0. The predicted molar refractivity (Wildman–Crippen MR) is 120 cm³/mol. The molecule has 1 N–H and O–H groups in total. The molecule has 0 aromatic carbocycles. The summed E-state index contributed by atoms with van der Waals surface area (Å²) in [5.41, 5.74) is -0.573. The van der Waals surface area contributed by atoms with E-state index in [-0.39, 0.29) is 49.2 Å². The van der Waals surface area contributed by atoms with Gasteiger partial charge in [-0.15, -0.1) is 11.3 Å². The molecule has 2 heterocycles. The molecule has 0 spiro atoms. The summed E-state index contributed by atoms with van der Waals surface area (Å²) in [6.07, 6.45) is 2.83. The standard InChI is InChI=1S/C23H34N2O5S/c1-16-8-12-20(31-16)19(27)11-9-18(26)10-13-21(28)25-14-6-5-7-17(25)15-24-22(29)30-23(2,3)4/h8,12,17H,5-7,9-11,13-15H2,1-4H3,(H,24,29). The Bertz CT molecular complexity index is 796. The Labute approximate surface area is 188 Å². The van der Waals surface area contributed by atoms with Gasteiger partial charge >= 0.3 is 6.09 Å². The lowest BCUT2D eigenvalue weighted by atomic mass is 10.0. The van der Waals surface area contributed by atoms with E-state index in [0.717, 1.165) is 24.1 Å². The van der Waals surface area contributed by atoms with Crippen molar-refractivity contribution in [2.24, 2.45) is 0 Å². The van der Waals surface area contributed by atoms with Gasteiger partial charge in [0.25, 0.3) is 0 Å². The Morgan fingerprint density at radius 1 is 1.10 bits per heavy atom. The molecule has 0 aliphatic carbocycles. The van der Waals surface area contributed by atoms with Crippen LogP contribution >= 0.6 is 11.3 Å². The molecule has 2 amide bonds. The van der Waals surface area contributed by atoms with E-state index < -0.39 is 11.7 Å². The molecule has 0 bridgehead atoms. The lowest BCUT2D eigenvalue weighted by Gasteiger charge is -2.36. The fourth-order valence-corrected chi connectivity index (χ4v) is 4.37. The number of hydrogen-bond donors (Lipinski definition) is 1. The molecule has 1 aliphatic rings. The molecule has 1 aromatic rings. The van der Waals surface area contributed by atoms with E-state index in [1.54, 1.807) is 31.7 Å². The number of aryl methyl sites for hydroxylation is 1. The van der Waals surface area contributed by atoms with Crippen molar-refractivity contribution in [2.75, 3.05) is 13.1 Å². The minimum atomic E-state index is -0.573. The van der Waals surface area contributed by atoms with Crippen LogP contribution in [0.5, 0.6) is 0 Å². The van der Waals surface area contributed by atoms with E-state index in [9.17, 15) is 19.2 Å². The van der Waals surface area contributed by atoms with Crippen molar-refractivity contribution in [3.05, 3.63) is 21.9 Å². The zero-order valence-electron chi connectivity index (χ0n) is 19.0. The Morgan fingerprint density at radius 2 is 1.81 bits per heavy atom. The van der Waals surface area contributed by atoms with Gasteiger partial charge in [-0.25, -0.2) is 4.79 Å². The van der Waals surface area contributed by atoms with E-state index in [1.165, 1.54) is 11.3 Å². The summed E-state index contributed by atoms with van der Waals surface area (Å²) in [7, 11) is 0. The Balaban J connectivity index is 1.76. The van der Waals surface area contributed by atoms with E-state index >= 15 is 0 Å². The summed E-state index contributed by atoms with van der Waals surface area (Å²) in [5.74, 6) is -0.179. The number of nitrogens with one attached hydrogen (secondary N) is 1. The zero-order chi connectivity index (χ0) is 23.0. The highest BCUT2D eigenvalue weighted by atomic mass is 32.1. The van der Waals surface area contributed by atoms with Crippen molar-refractivity contribution in [3.8, 4) is 0 Å². The topological polar surface area (TPSA) is 92.8 Å². The van der Waals surface area contributed by atoms with Crippen LogP contribution in [-0.2, 0) is 14.3 Å². The number of carbonyl (C=O) groups is 4. The second-order valence-corrected chi connectivity index (χ2v) is 10.3. The molecule has 7 nitrogen and oxygen atoms in total. The van der Waals surface area contributed by atoms with Gasteiger partial charge in [0.15, 0.2) is 5.78 Å². The summed E-state index contributed by atoms with van der Waals surface area (Å²) < 4.78 is 5.26. The lowest BCUT2D eigenvalue weighted by molar-refractivity contribution is -0.136. The maximum atomic E-state index is 12.7. The maximum absolute atomic E-state index is 12.7. The number of nitrogens with zero attached hydrogens (tertiary/aromatic N) is 1. The molecule has 1 atom stereocenters. The average Bonchev–Trinajstić information content (AvgIpc) is 3.14. The van der Waals surface area contributed by atoms with Crippen molar-refractivity contribution < 1.29 is 23.9 Å². The van der Waals surface area contributed by atoms with Crippen LogP contribution in [0.4, 0.5) is 4.79 Å². The Hall–Kier alpha value is -2.22. The molecule has 1 fully saturated rings. The smallest absolute Gasteiger partial charge is 0.407 e. The number of amides is 2. The van der Waals surface area contributed by atoms with Gasteiger partial charge in [-0.3, -0.25) is 14.4 Å². The van der Waals surface area contributed by atoms with Crippen LogP contribution in [0, 0.1) is 6.92 Å². The molecule has 31 heavy (non-hydrogen) atoms. The number of ketones is 2. The summed E-state index contributed by atoms with van der Waals surface area (Å²) in [6.45, 7) is 8.31. The van der Waals surface area contributed by atoms with Crippen molar-refractivity contribution in [1.29, 1.82) is 0 Å². The van der Waals surface area contributed by atoms with Crippen molar-refractivity contribution in [1.82, 2.24) is 10.2 Å². The molecule has 0 radical (unpaired) electrons. The Morgan fingerprint density at radius 3 is 2.45 bits per heavy atom. The van der Waals surface area contributed by atoms with Gasteiger partial charge in [-0.05, 0) is 59.1 Å². The van der Waals surface area contributed by atoms with Gasteiger partial charge in [0.05, 0.1) is 4.88 Å². The number of Topliss-reactive ketones (excluding diaryl/α,β-unsaturated/α-hetero) is 2. The fraction of sp³-hybridized carbons (Fsp3) is 0.652. The van der Waals surface area contributed by atoms with Crippen LogP contribution in [-0.4, -0.2) is 53.2 Å². The van der Waals surface area contributed by atoms with Gasteiger partial charge in [-0.2, -0.15) is 0 Å². The van der Waals surface area contributed by atoms with Crippen LogP contribution in [0.3, 0.4) is 0 Å². The molecular weight excluding hydrogens is 416 g/mol. The lowest BCUT2D eigenvalue weighted by Crippen LogP contribution is -2.50. The monoisotopic (exact) mass is 450 g/mol. The third-order valence-electron chi connectivity index (χ3n) is 5.09. The van der Waals surface area contributed by atoms with Crippen molar-refractivity contribution >= 4 is 34.9 Å². The molecule has 1 saturated heterocycles. The van der Waals surface area contributed by atoms with E-state index in [2.05, 4.69) is 5.32 Å². The van der Waals surface area contributed by atoms with Crippen molar-refractivity contribution in [2.45, 2.75) is 84.3 Å². The van der Waals surface area contributed by atoms with Gasteiger partial charge in [0, 0.05) is 49.7 Å². The van der Waals surface area contributed by atoms with E-state index in [0.29, 0.717) is 18.0 Å². The number of thiophene rings is 1. The number of piperidine rings is 1. The summed E-state index contributed by atoms with van der Waals surface area (Å²) in [4.78, 5) is 52.5. The third-order valence-corrected chi connectivity index (χ3v) is 6.13. The van der Waals surface area contributed by atoms with Crippen LogP contribution in [0.15, 0.2) is 12.1 Å². The minimum absolute atomic E-state index is 0.0258. The highest BCUT2D eigenvalue weighted by molar-refractivity contribution is 7.14. The van der Waals surface area contributed by atoms with Crippen LogP contribution in [0.1, 0.15) is 80.3 Å². The molecule has 2 rings (SSSR count). The molecule has 172 valence electrons. The number of hydrogen-bond acceptors (Lipinski definition) is 6. The SMILES string of the molecule is Cc1ccc(C(=O)CCC(=O)CCC(=O)N2CCCCC2CNC(=O)OC(C)(C)C)s1. The Kier molecular flexibility index (Phi) is 9.22. The summed E-state index contributed by atoms with van der Waals surface area (Å²) in [5, 5.41) is 2.75. The third kappa shape index (κ3) is 8.81. The number of carbonyl (C=O) groups excluding carboxylic acids is 4. The predicted octanol–water partition coefficient (Wildman–Crippen LogP) is 4.27. The molecule has 1 unspecified atom stereocenters. The molecule has 0 saturated carbocycles. The molecule has 1 aromatic heterocycles. The second kappa shape index (κ2) is 11.4. The second-order valence-electron chi connectivity index (χ2n) is 8.99. The quantitative estimate of drug-likeness (QED) is 0.567. The molecule has 8 heteroatoms. The number of alkyl carbamates (subject to hydrolysis) is 1. The van der Waals surface area contributed by atoms with E-state index in [1.807, 2.05) is 13.0 Å². The van der Waals surface area contributed by atoms with Crippen LogP contribution < -0.4 is 5.32 Å². The zero-order valence-corrected chi connectivity index (χ0v) is 19.8. The highest BCUT2D eigenvalue weighted by Crippen LogP contribution is 2.20. The first-order valence-corrected chi connectivity index (χ1v) is 11.7. The van der Waals surface area contributed by atoms with Gasteiger partial charge < -0.3 is 15.0 Å². The number of ether oxygens (including phenoxy) is 1.